The van der Waals surface area contributed by atoms with Crippen molar-refractivity contribution in [2.24, 2.45) is 9.98 Å². The number of benzene rings is 1. The van der Waals surface area contributed by atoms with Crippen LogP contribution in [0.2, 0.25) is 0 Å². The third kappa shape index (κ3) is 1.46. The normalized spacial score (nSPS) is 17.0. The summed E-state index contributed by atoms with van der Waals surface area (Å²) in [5.41, 5.74) is 4.09. The Kier molecular flexibility index (Phi) is 1.96. The van der Waals surface area contributed by atoms with Crippen LogP contribution in [-0.2, 0) is 4.79 Å². The van der Waals surface area contributed by atoms with Gasteiger partial charge in [0.2, 0.25) is 0 Å². The van der Waals surface area contributed by atoms with E-state index in [1.807, 2.05) is 23.2 Å². The van der Waals surface area contributed by atoms with E-state index in [4.69, 9.17) is 0 Å². The lowest BCUT2D eigenvalue weighted by Crippen LogP contribution is -2.33. The molecule has 1 aromatic carbocycles. The number of anilines is 1. The lowest BCUT2D eigenvalue weighted by molar-refractivity contribution is -0.112. The van der Waals surface area contributed by atoms with Gasteiger partial charge in [-0.15, -0.1) is 0 Å². The molecule has 2 heterocycles. The smallest absolute Gasteiger partial charge is 0.271 e. The molecule has 0 unspecified atom stereocenters. The summed E-state index contributed by atoms with van der Waals surface area (Å²) in [6, 6.07) is 5.64. The van der Waals surface area contributed by atoms with Crippen molar-refractivity contribution < 1.29 is 4.79 Å². The molecule has 5 nitrogen and oxygen atoms in total. The van der Waals surface area contributed by atoms with Gasteiger partial charge in [-0.25, -0.2) is 4.99 Å². The molecule has 1 aromatic rings. The molecule has 5 heteroatoms. The van der Waals surface area contributed by atoms with Crippen LogP contribution in [0.5, 0.6) is 0 Å². The molecule has 0 saturated carbocycles. The average Bonchev–Trinajstić information content (AvgIpc) is 2.86. The van der Waals surface area contributed by atoms with Crippen LogP contribution in [0.1, 0.15) is 0 Å². The molecule has 0 saturated heterocycles. The Morgan fingerprint density at radius 3 is 3.12 bits per heavy atom. The molecule has 0 bridgehead atoms. The maximum atomic E-state index is 11.2. The molecule has 0 spiro atoms. The van der Waals surface area contributed by atoms with Crippen LogP contribution < -0.4 is 16.0 Å². The lowest BCUT2D eigenvalue weighted by atomic mass is 10.2. The number of nitrogens with one attached hydrogen (secondary N) is 1. The predicted molar refractivity (Wildman–Crippen MR) is 60.4 cm³/mol. The van der Waals surface area contributed by atoms with E-state index in [1.165, 1.54) is 0 Å². The van der Waals surface area contributed by atoms with E-state index >= 15 is 0 Å². The number of aliphatic imine (C=N–C) groups is 1. The van der Waals surface area contributed by atoms with Crippen molar-refractivity contribution in [3.05, 3.63) is 28.8 Å². The first-order chi connectivity index (χ1) is 7.83. The first kappa shape index (κ1) is 9.08. The van der Waals surface area contributed by atoms with E-state index in [2.05, 4.69) is 15.4 Å². The van der Waals surface area contributed by atoms with Crippen molar-refractivity contribution in [2.45, 2.75) is 0 Å². The summed E-state index contributed by atoms with van der Waals surface area (Å²) in [6.07, 6.45) is 3.30. The Labute approximate surface area is 91.8 Å². The monoisotopic (exact) mass is 214 g/mol. The third-order valence-corrected chi connectivity index (χ3v) is 2.54. The third-order valence-electron chi connectivity index (χ3n) is 2.54. The number of hydrazine groups is 1. The highest BCUT2D eigenvalue weighted by molar-refractivity contribution is 6.07. The molecule has 0 fully saturated rings. The van der Waals surface area contributed by atoms with Crippen LogP contribution in [0.4, 0.5) is 5.69 Å². The molecule has 0 radical (unpaired) electrons. The number of carbonyl (C=O) groups excluding carboxylic acids is 1. The van der Waals surface area contributed by atoms with Crippen LogP contribution >= 0.6 is 0 Å². The van der Waals surface area contributed by atoms with Crippen LogP contribution in [0.3, 0.4) is 0 Å². The lowest BCUT2D eigenvalue weighted by Gasteiger charge is -2.16. The molecule has 16 heavy (non-hydrogen) atoms. The topological polar surface area (TPSA) is 57.1 Å². The van der Waals surface area contributed by atoms with E-state index in [0.717, 1.165) is 29.4 Å². The first-order valence-corrected chi connectivity index (χ1v) is 5.10. The second kappa shape index (κ2) is 3.44. The van der Waals surface area contributed by atoms with Crippen molar-refractivity contribution in [1.82, 2.24) is 5.01 Å². The molecule has 3 rings (SSSR count). The van der Waals surface area contributed by atoms with Gasteiger partial charge in [0.15, 0.2) is 0 Å². The summed E-state index contributed by atoms with van der Waals surface area (Å²) in [7, 11) is 0. The Morgan fingerprint density at radius 1 is 1.38 bits per heavy atom. The van der Waals surface area contributed by atoms with E-state index in [1.54, 1.807) is 12.4 Å². The highest BCUT2D eigenvalue weighted by atomic mass is 16.1. The first-order valence-electron chi connectivity index (χ1n) is 5.10. The Balaban J connectivity index is 2.01. The minimum Gasteiger partial charge on any atom is -0.297 e. The van der Waals surface area contributed by atoms with Gasteiger partial charge >= 0.3 is 0 Å². The van der Waals surface area contributed by atoms with Gasteiger partial charge in [-0.05, 0) is 12.1 Å². The van der Waals surface area contributed by atoms with Gasteiger partial charge in [0.25, 0.3) is 5.91 Å². The zero-order chi connectivity index (χ0) is 11.0. The number of hydrogen-bond acceptors (Lipinski definition) is 4. The predicted octanol–water partition coefficient (Wildman–Crippen LogP) is -0.702. The Bertz CT molecular complexity index is 590. The molecule has 80 valence electrons. The minimum absolute atomic E-state index is 0.195. The Morgan fingerprint density at radius 2 is 2.31 bits per heavy atom. The molecule has 1 amide bonds. The molecule has 0 aromatic heterocycles. The minimum atomic E-state index is -0.195. The van der Waals surface area contributed by atoms with Gasteiger partial charge in [0.05, 0.1) is 24.1 Å². The number of amides is 1. The highest BCUT2D eigenvalue weighted by Gasteiger charge is 2.10. The zero-order valence-corrected chi connectivity index (χ0v) is 8.55. The molecule has 0 atom stereocenters. The largest absolute Gasteiger partial charge is 0.297 e. The zero-order valence-electron chi connectivity index (χ0n) is 8.55. The van der Waals surface area contributed by atoms with E-state index in [9.17, 15) is 4.79 Å². The van der Waals surface area contributed by atoms with Crippen molar-refractivity contribution in [3.63, 3.8) is 0 Å². The molecule has 2 aliphatic heterocycles. The van der Waals surface area contributed by atoms with E-state index in [0.29, 0.717) is 0 Å². The molecule has 1 N–H and O–H groups in total. The fraction of sp³-hybridized carbons (Fsp3) is 0.182. The standard InChI is InChI=1S/C11H10N4O/c16-11-6-8-9(13-11)2-1-3-10(8)14-15-5-4-12-7-15/h1-3,6-7,14H,4-5H2. The van der Waals surface area contributed by atoms with Gasteiger partial charge in [-0.3, -0.25) is 20.2 Å². The number of carbonyl (C=O) groups is 1. The molecular formula is C11H10N4O. The van der Waals surface area contributed by atoms with E-state index in [-0.39, 0.29) is 5.91 Å². The van der Waals surface area contributed by atoms with Crippen LogP contribution in [0.25, 0.3) is 6.08 Å². The maximum Gasteiger partial charge on any atom is 0.271 e. The van der Waals surface area contributed by atoms with Gasteiger partial charge < -0.3 is 0 Å². The molecule has 0 aliphatic carbocycles. The SMILES string of the molecule is O=C1C=c2c(NN3C=NCC3)cccc2=N1. The highest BCUT2D eigenvalue weighted by Crippen LogP contribution is 2.02. The fourth-order valence-electron chi connectivity index (χ4n) is 1.79. The van der Waals surface area contributed by atoms with Gasteiger partial charge in [0.1, 0.15) is 6.34 Å². The quantitative estimate of drug-likeness (QED) is 0.708. The number of nitrogens with zero attached hydrogens (tertiary/aromatic N) is 3. The average molecular weight is 214 g/mol. The summed E-state index contributed by atoms with van der Waals surface area (Å²) in [4.78, 5) is 19.2. The fourth-order valence-corrected chi connectivity index (χ4v) is 1.79. The van der Waals surface area contributed by atoms with Crippen molar-refractivity contribution in [2.75, 3.05) is 18.5 Å². The van der Waals surface area contributed by atoms with E-state index < -0.39 is 0 Å². The summed E-state index contributed by atoms with van der Waals surface area (Å²) < 4.78 is 0. The maximum absolute atomic E-state index is 11.2. The van der Waals surface area contributed by atoms with Crippen molar-refractivity contribution in [1.29, 1.82) is 0 Å². The molecule has 2 aliphatic rings. The number of fused-ring (bicyclic) bond motifs is 1. The van der Waals surface area contributed by atoms with Crippen molar-refractivity contribution in [3.8, 4) is 0 Å². The van der Waals surface area contributed by atoms with Crippen molar-refractivity contribution >= 4 is 24.0 Å². The number of rotatable bonds is 2. The molecular weight excluding hydrogens is 204 g/mol. The van der Waals surface area contributed by atoms with Gasteiger partial charge in [0, 0.05) is 11.3 Å². The summed E-state index contributed by atoms with van der Waals surface area (Å²) in [5, 5.41) is 3.48. The van der Waals surface area contributed by atoms with Gasteiger partial charge in [-0.1, -0.05) is 6.07 Å². The van der Waals surface area contributed by atoms with Crippen LogP contribution in [-0.4, -0.2) is 30.3 Å². The van der Waals surface area contributed by atoms with Gasteiger partial charge in [-0.2, -0.15) is 0 Å². The Hall–Kier alpha value is -2.17. The van der Waals surface area contributed by atoms with Crippen LogP contribution in [0, 0.1) is 0 Å². The van der Waals surface area contributed by atoms with Crippen LogP contribution in [0.15, 0.2) is 28.2 Å². The summed E-state index contributed by atoms with van der Waals surface area (Å²) >= 11 is 0. The summed E-state index contributed by atoms with van der Waals surface area (Å²) in [6.45, 7) is 1.64. The second-order valence-corrected chi connectivity index (χ2v) is 3.66. The summed E-state index contributed by atoms with van der Waals surface area (Å²) in [5.74, 6) is -0.195. The number of hydrogen-bond donors (Lipinski definition) is 1. The second-order valence-electron chi connectivity index (χ2n) is 3.66.